The first-order valence-corrected chi connectivity index (χ1v) is 51.2. The molecule has 7 atom stereocenters. The van der Waals surface area contributed by atoms with Crippen LogP contribution in [0.5, 0.6) is 0 Å². The van der Waals surface area contributed by atoms with Gasteiger partial charge in [0.05, 0.1) is 108 Å². The van der Waals surface area contributed by atoms with Gasteiger partial charge in [-0.2, -0.15) is 63.4 Å². The van der Waals surface area contributed by atoms with E-state index in [1.807, 2.05) is 59.8 Å². The van der Waals surface area contributed by atoms with Crippen molar-refractivity contribution in [3.05, 3.63) is 274 Å². The largest absolute Gasteiger partial charge is 0.427 e. The molecule has 0 spiro atoms. The topological polar surface area (TPSA) is 315 Å². The molecule has 0 saturated heterocycles. The van der Waals surface area contributed by atoms with Crippen molar-refractivity contribution in [2.24, 2.45) is 34.1 Å². The van der Waals surface area contributed by atoms with Crippen LogP contribution in [0.2, 0.25) is 10.3 Å². The molecule has 3 aromatic carbocycles. The zero-order valence-corrected chi connectivity index (χ0v) is 82.6. The summed E-state index contributed by atoms with van der Waals surface area (Å²) in [6.45, 7) is 14.6. The van der Waals surface area contributed by atoms with Crippen LogP contribution in [-0.2, 0) is 74.6 Å². The van der Waals surface area contributed by atoms with Gasteiger partial charge in [-0.25, -0.2) is 72.5 Å². The molecule has 0 aliphatic heterocycles. The second kappa shape index (κ2) is 38.2. The fourth-order valence-electron chi connectivity index (χ4n) is 19.3. The first-order chi connectivity index (χ1) is 65.9. The number of allylic oxidation sites excluding steroid dienone is 3. The van der Waals surface area contributed by atoms with Crippen LogP contribution < -0.4 is 0 Å². The van der Waals surface area contributed by atoms with E-state index in [4.69, 9.17) is 23.2 Å². The van der Waals surface area contributed by atoms with Crippen LogP contribution >= 0.6 is 45.9 Å². The standard InChI is InChI=1S/C34H32ClF4N5O3S.C32H30ClF4N5O3S2.C30H31F4N7O3S2/c1-32(2,3)20-43(48(46,47)27-10-11-30(35)41-19-27)26-7-4-22-15-29-21(18-42-44(29)25-8-5-24(36)6-9-25)16-33(22,17-26)31(45)28-14-23(12-13-40-28)34(37,38)39;1-30(2,3)18-41(47(44,45)24-10-11-27(33)38-16-24)23-7-4-20-12-25-19(15-40-42(25)22-8-5-21(34)6-9-22)13-31(20,14-23)28(43)29-39-17-26(46-29)32(35,36)37;1-28(2,43)17-40(46(4,44)25-16-39(3)38-37-25)22-8-5-19-11-23-18(14-36-41(23)21-9-6-20(31)7-10-21)12-29(19,13-22)26(42)27-35-15-24(45-27)30(32,33)34/h5-6,8-15,18-19,26H,4,7,16-17,20H2,1-3H3;5-6,8-12,15-17,23H,4,7,13-14,18H2,1-3H3;6-7,9-11,14-16,22,43H,4-5,8,12-13,17H2,1-3H3/t26-,33-;23-,31-;22-,29-,46?/m000/s1. The van der Waals surface area contributed by atoms with Crippen LogP contribution in [0.3, 0.4) is 0 Å². The van der Waals surface area contributed by atoms with Gasteiger partial charge >= 0.3 is 18.5 Å². The summed E-state index contributed by atoms with van der Waals surface area (Å²) < 4.78 is 246. The lowest BCUT2D eigenvalue weighted by molar-refractivity contribution is -0.138. The Hall–Kier alpha value is -11.1. The lowest BCUT2D eigenvalue weighted by atomic mass is 9.60. The minimum atomic E-state index is -4.70. The normalized spacial score (nSPS) is 20.4. The SMILES string of the molecule is C=S(=O)(c1cn(C)nn1)N(CC(C)(C)O)[C@H]1CCC2=Cc3c(cnn3-c3ccc(F)cc3)C[C@]2(C(=O)c2ncc(C(F)(F)F)s2)C1.CC(C)(C)CN([C@H]1CCC2=Cc3c(cnn3-c3ccc(F)cc3)C[C@]2(C(=O)c2cc(C(F)(F)F)ccn2)C1)S(=O)(=O)c1ccc(Cl)nc1.CC(C)(C)CN([C@H]1CCC2=Cc3c(cnn3-c3ccc(F)cc3)C[C@]2(C(=O)c2ncc(C(F)(F)F)s2)C1)S(=O)(=O)c1ccc(Cl)nc1. The fraction of sp³-hybridized carbons (Fsp3) is 0.375. The highest BCUT2D eigenvalue weighted by Crippen LogP contribution is 2.57. The molecule has 744 valence electrons. The molecule has 3 fully saturated rings. The van der Waals surface area contributed by atoms with Gasteiger partial charge in [-0.05, 0) is 252 Å². The maximum atomic E-state index is 14.6. The number of nitrogens with zero attached hydrogens (tertiary/aromatic N) is 17. The monoisotopic (exact) mass is 2090 g/mol. The minimum Gasteiger partial charge on any atom is -0.389 e. The number of ketones is 3. The zero-order chi connectivity index (χ0) is 102. The van der Waals surface area contributed by atoms with E-state index in [0.717, 1.165) is 18.3 Å². The highest BCUT2D eigenvalue weighted by Gasteiger charge is 2.58. The number of pyridine rings is 3. The highest BCUT2D eigenvalue weighted by atomic mass is 35.5. The summed E-state index contributed by atoms with van der Waals surface area (Å²) >= 11 is 12.5. The Balaban J connectivity index is 0.000000152. The van der Waals surface area contributed by atoms with Crippen molar-refractivity contribution in [3.8, 4) is 17.1 Å². The van der Waals surface area contributed by atoms with E-state index in [9.17, 15) is 93.2 Å². The number of aromatic nitrogens is 14. The lowest BCUT2D eigenvalue weighted by Gasteiger charge is -2.47. The Morgan fingerprint density at radius 3 is 1.15 bits per heavy atom. The van der Waals surface area contributed by atoms with Gasteiger partial charge in [0.15, 0.2) is 20.8 Å². The smallest absolute Gasteiger partial charge is 0.389 e. The molecule has 9 heterocycles. The first-order valence-electron chi connectivity index (χ1n) is 44.3. The van der Waals surface area contributed by atoms with Crippen LogP contribution in [-0.4, -0.2) is 175 Å². The molecular weight excluding hydrogens is 1990 g/mol. The van der Waals surface area contributed by atoms with Crippen LogP contribution in [0, 0.1) is 44.5 Å². The number of carbonyl (C=O) groups is 3. The quantitative estimate of drug-likeness (QED) is 0.0285. The van der Waals surface area contributed by atoms with Crippen molar-refractivity contribution in [2.45, 2.75) is 190 Å². The number of thiazole rings is 2. The summed E-state index contributed by atoms with van der Waals surface area (Å²) in [5.74, 6) is 0.945. The number of alkyl halides is 9. The van der Waals surface area contributed by atoms with Gasteiger partial charge in [0.1, 0.15) is 53.0 Å². The van der Waals surface area contributed by atoms with E-state index in [1.54, 1.807) is 94.2 Å². The number of benzene rings is 3. The van der Waals surface area contributed by atoms with Gasteiger partial charge in [0.2, 0.25) is 31.6 Å². The third kappa shape index (κ3) is 21.2. The zero-order valence-electron chi connectivity index (χ0n) is 77.0. The highest BCUT2D eigenvalue weighted by molar-refractivity contribution is 7.98. The summed E-state index contributed by atoms with van der Waals surface area (Å²) in [6.07, 6.45) is 4.51. The van der Waals surface area contributed by atoms with Gasteiger partial charge in [0.25, 0.3) is 0 Å². The molecule has 18 rings (SSSR count). The van der Waals surface area contributed by atoms with Crippen molar-refractivity contribution in [1.29, 1.82) is 0 Å². The van der Waals surface area contributed by atoms with E-state index in [-0.39, 0.29) is 135 Å². The van der Waals surface area contributed by atoms with Gasteiger partial charge in [-0.15, -0.1) is 27.8 Å². The molecule has 26 nitrogen and oxygen atoms in total. The number of rotatable bonds is 22. The number of Topliss-reactive ketones (excluding diaryl/α,β-unsaturated/α-hetero) is 3. The lowest BCUT2D eigenvalue weighted by Crippen LogP contribution is -2.53. The molecule has 0 amide bonds. The van der Waals surface area contributed by atoms with E-state index in [0.29, 0.717) is 106 Å². The predicted octanol–water partition coefficient (Wildman–Crippen LogP) is 19.9. The summed E-state index contributed by atoms with van der Waals surface area (Å²) in [7, 11) is -10.0. The molecule has 0 bridgehead atoms. The van der Waals surface area contributed by atoms with E-state index in [1.165, 1.54) is 92.5 Å². The number of aryl methyl sites for hydroxylation is 1. The Morgan fingerprint density at radius 2 is 0.837 bits per heavy atom. The van der Waals surface area contributed by atoms with Crippen molar-refractivity contribution < 1.29 is 93.2 Å². The number of aliphatic hydroxyl groups is 1. The van der Waals surface area contributed by atoms with Crippen LogP contribution in [0.4, 0.5) is 52.7 Å². The minimum absolute atomic E-state index is 0.00686. The van der Waals surface area contributed by atoms with Crippen molar-refractivity contribution in [2.75, 3.05) is 19.6 Å². The maximum Gasteiger partial charge on any atom is 0.427 e. The summed E-state index contributed by atoms with van der Waals surface area (Å²) in [5, 5.41) is 32.1. The van der Waals surface area contributed by atoms with Crippen molar-refractivity contribution >= 4 is 117 Å². The maximum absolute atomic E-state index is 14.6. The Labute approximate surface area is 821 Å². The molecule has 45 heteroatoms. The Morgan fingerprint density at radius 1 is 0.475 bits per heavy atom. The molecule has 6 aliphatic rings. The Bertz CT molecular complexity index is 7270. The molecular formula is C96H93Cl2F12N17O9S5. The average molecular weight is 2090 g/mol. The number of fused-ring (bicyclic) bond motifs is 6. The Kier molecular flexibility index (Phi) is 27.8. The molecule has 12 aromatic rings. The number of hydrogen-bond acceptors (Lipinski definition) is 21. The summed E-state index contributed by atoms with van der Waals surface area (Å²) in [5.41, 5.74) is -0.206. The van der Waals surface area contributed by atoms with Gasteiger partial charge in [-0.3, -0.25) is 24.0 Å². The van der Waals surface area contributed by atoms with Gasteiger partial charge in [0, 0.05) is 63.4 Å². The summed E-state index contributed by atoms with van der Waals surface area (Å²) in [4.78, 5) is 61.3. The molecule has 1 N–H and O–H groups in total. The number of hydrogen-bond donors (Lipinski definition) is 1. The van der Waals surface area contributed by atoms with E-state index >= 15 is 0 Å². The number of halogens is 14. The van der Waals surface area contributed by atoms with Crippen LogP contribution in [0.25, 0.3) is 35.3 Å². The van der Waals surface area contributed by atoms with Crippen LogP contribution in [0.15, 0.2) is 197 Å². The second-order valence-electron chi connectivity index (χ2n) is 38.9. The fourth-order valence-corrected chi connectivity index (χ4v) is 26.7. The summed E-state index contributed by atoms with van der Waals surface area (Å²) in [6, 6.07) is 22.3. The third-order valence-electron chi connectivity index (χ3n) is 25.6. The number of carbonyl (C=O) groups excluding carboxylic acids is 3. The molecule has 3 saturated carbocycles. The van der Waals surface area contributed by atoms with Crippen molar-refractivity contribution in [1.82, 2.24) is 82.2 Å². The van der Waals surface area contributed by atoms with Crippen LogP contribution in [0.1, 0.15) is 192 Å². The second-order valence-corrected chi connectivity index (χ2v) is 47.7. The predicted molar refractivity (Wildman–Crippen MR) is 505 cm³/mol. The van der Waals surface area contributed by atoms with E-state index in [2.05, 4.69) is 56.4 Å². The third-order valence-corrected chi connectivity index (χ3v) is 33.9. The molecule has 6 aliphatic carbocycles. The molecule has 1 unspecified atom stereocenters. The van der Waals surface area contributed by atoms with Gasteiger partial charge in [-0.1, -0.05) is 86.7 Å². The number of sulfonamides is 2. The average Bonchev–Trinajstić information content (AvgIpc) is 1.61. The van der Waals surface area contributed by atoms with Gasteiger partial charge < -0.3 is 5.11 Å². The molecule has 141 heavy (non-hydrogen) atoms. The molecule has 9 aromatic heterocycles. The van der Waals surface area contributed by atoms with Crippen molar-refractivity contribution in [3.63, 3.8) is 0 Å². The van der Waals surface area contributed by atoms with E-state index < -0.39 is 149 Å². The first kappa shape index (κ1) is 103. The molecule has 0 radical (unpaired) electrons.